The fraction of sp³-hybridized carbons (Fsp3) is 0.500. The predicted octanol–water partition coefficient (Wildman–Crippen LogP) is 2.71. The highest BCUT2D eigenvalue weighted by Gasteiger charge is 2.10. The number of rotatable bonds is 8. The predicted molar refractivity (Wildman–Crippen MR) is 83.9 cm³/mol. The second kappa shape index (κ2) is 7.78. The molecule has 114 valence electrons. The molecule has 5 nitrogen and oxygen atoms in total. The van der Waals surface area contributed by atoms with Gasteiger partial charge in [-0.05, 0) is 31.9 Å². The van der Waals surface area contributed by atoms with Crippen molar-refractivity contribution in [1.82, 2.24) is 9.97 Å². The highest BCUT2D eigenvalue weighted by atomic mass is 16.5. The Labute approximate surface area is 125 Å². The Bertz CT molecular complexity index is 587. The maximum absolute atomic E-state index is 5.51. The lowest BCUT2D eigenvalue weighted by Crippen LogP contribution is -1.99. The number of aryl methyl sites for hydroxylation is 1. The Morgan fingerprint density at radius 1 is 0.952 bits per heavy atom. The molecule has 1 heterocycles. The molecule has 1 aromatic heterocycles. The van der Waals surface area contributed by atoms with E-state index in [0.29, 0.717) is 11.5 Å². The summed E-state index contributed by atoms with van der Waals surface area (Å²) in [6.45, 7) is 0.771. The summed E-state index contributed by atoms with van der Waals surface area (Å²) in [6, 6.07) is 3.86. The van der Waals surface area contributed by atoms with Crippen LogP contribution in [0.25, 0.3) is 10.9 Å². The molecule has 2 rings (SSSR count). The highest BCUT2D eigenvalue weighted by molar-refractivity contribution is 5.84. The van der Waals surface area contributed by atoms with Gasteiger partial charge in [0.15, 0.2) is 11.5 Å². The molecule has 0 spiro atoms. The second-order valence-corrected chi connectivity index (χ2v) is 5.00. The van der Waals surface area contributed by atoms with Gasteiger partial charge in [-0.1, -0.05) is 12.8 Å². The lowest BCUT2D eigenvalue weighted by atomic mass is 10.1. The Balaban J connectivity index is 2.19. The van der Waals surface area contributed by atoms with Gasteiger partial charge in [-0.15, -0.1) is 0 Å². The van der Waals surface area contributed by atoms with Crippen molar-refractivity contribution in [2.75, 3.05) is 20.8 Å². The summed E-state index contributed by atoms with van der Waals surface area (Å²) in [7, 11) is 3.27. The van der Waals surface area contributed by atoms with Crippen LogP contribution in [0.3, 0.4) is 0 Å². The highest BCUT2D eigenvalue weighted by Crippen LogP contribution is 2.32. The van der Waals surface area contributed by atoms with Gasteiger partial charge in [-0.25, -0.2) is 9.97 Å². The van der Waals surface area contributed by atoms with Gasteiger partial charge >= 0.3 is 0 Å². The first kappa shape index (κ1) is 15.5. The van der Waals surface area contributed by atoms with E-state index in [1.54, 1.807) is 20.5 Å². The van der Waals surface area contributed by atoms with Gasteiger partial charge in [-0.3, -0.25) is 0 Å². The van der Waals surface area contributed by atoms with Crippen molar-refractivity contribution >= 4 is 10.9 Å². The van der Waals surface area contributed by atoms with Crippen LogP contribution >= 0.6 is 0 Å². The fourth-order valence-electron chi connectivity index (χ4n) is 2.43. The van der Waals surface area contributed by atoms with Crippen LogP contribution in [-0.2, 0) is 6.42 Å². The van der Waals surface area contributed by atoms with E-state index in [-0.39, 0.29) is 0 Å². The number of fused-ring (bicyclic) bond motifs is 1. The number of hydrogen-bond donors (Lipinski definition) is 1. The Morgan fingerprint density at radius 3 is 2.38 bits per heavy atom. The van der Waals surface area contributed by atoms with Crippen molar-refractivity contribution in [3.05, 3.63) is 24.2 Å². The topological polar surface area (TPSA) is 70.3 Å². The molecule has 0 unspecified atom stereocenters. The van der Waals surface area contributed by atoms with Gasteiger partial charge < -0.3 is 15.2 Å². The van der Waals surface area contributed by atoms with Crippen LogP contribution in [-0.4, -0.2) is 30.7 Å². The minimum absolute atomic E-state index is 0.692. The minimum Gasteiger partial charge on any atom is -0.493 e. The van der Waals surface area contributed by atoms with Crippen LogP contribution in [0.1, 0.15) is 31.4 Å². The van der Waals surface area contributed by atoms with Crippen LogP contribution in [0, 0.1) is 0 Å². The largest absolute Gasteiger partial charge is 0.493 e. The number of nitrogens with zero attached hydrogens (tertiary/aromatic N) is 2. The van der Waals surface area contributed by atoms with Crippen molar-refractivity contribution in [2.45, 2.75) is 32.1 Å². The number of ether oxygens (including phenoxy) is 2. The summed E-state index contributed by atoms with van der Waals surface area (Å²) in [6.07, 6.45) is 7.12. The molecule has 2 aromatic rings. The van der Waals surface area contributed by atoms with Gasteiger partial charge in [0.25, 0.3) is 0 Å². The van der Waals surface area contributed by atoms with Crippen molar-refractivity contribution in [3.63, 3.8) is 0 Å². The monoisotopic (exact) mass is 289 g/mol. The van der Waals surface area contributed by atoms with Crippen LogP contribution < -0.4 is 15.2 Å². The maximum Gasteiger partial charge on any atom is 0.162 e. The normalized spacial score (nSPS) is 10.8. The van der Waals surface area contributed by atoms with Crippen molar-refractivity contribution in [2.24, 2.45) is 5.73 Å². The Morgan fingerprint density at radius 2 is 1.67 bits per heavy atom. The number of methoxy groups -OCH3 is 2. The molecule has 0 atom stereocenters. The first-order valence-electron chi connectivity index (χ1n) is 7.35. The van der Waals surface area contributed by atoms with E-state index < -0.39 is 0 Å². The van der Waals surface area contributed by atoms with Gasteiger partial charge in [0.05, 0.1) is 25.4 Å². The van der Waals surface area contributed by atoms with Crippen LogP contribution in [0.5, 0.6) is 11.5 Å². The third kappa shape index (κ3) is 3.82. The van der Waals surface area contributed by atoms with Crippen molar-refractivity contribution in [1.29, 1.82) is 0 Å². The summed E-state index contributed by atoms with van der Waals surface area (Å²) in [4.78, 5) is 8.74. The number of hydrogen-bond acceptors (Lipinski definition) is 5. The SMILES string of the molecule is COc1cc2ncnc(CCCCCCN)c2cc1OC. The molecule has 21 heavy (non-hydrogen) atoms. The van der Waals surface area contributed by atoms with E-state index in [1.165, 1.54) is 12.8 Å². The standard InChI is InChI=1S/C16H23N3O2/c1-20-15-9-12-13(7-5-3-4-6-8-17)18-11-19-14(12)10-16(15)21-2/h9-11H,3-8,17H2,1-2H3. The van der Waals surface area contributed by atoms with Crippen molar-refractivity contribution in [3.8, 4) is 11.5 Å². The van der Waals surface area contributed by atoms with Crippen LogP contribution in [0.2, 0.25) is 0 Å². The quantitative estimate of drug-likeness (QED) is 0.757. The summed E-state index contributed by atoms with van der Waals surface area (Å²) in [5.41, 5.74) is 7.46. The molecule has 0 amide bonds. The molecule has 0 saturated carbocycles. The van der Waals surface area contributed by atoms with Gasteiger partial charge in [-0.2, -0.15) is 0 Å². The van der Waals surface area contributed by atoms with Gasteiger partial charge in [0.1, 0.15) is 6.33 Å². The molecule has 0 aliphatic heterocycles. The number of benzene rings is 1. The summed E-state index contributed by atoms with van der Waals surface area (Å²) in [5.74, 6) is 1.40. The average molecular weight is 289 g/mol. The smallest absolute Gasteiger partial charge is 0.162 e. The zero-order valence-corrected chi connectivity index (χ0v) is 12.8. The van der Waals surface area contributed by atoms with E-state index in [0.717, 1.165) is 42.4 Å². The molecule has 0 aliphatic rings. The molecule has 0 fully saturated rings. The van der Waals surface area contributed by atoms with E-state index >= 15 is 0 Å². The van der Waals surface area contributed by atoms with Crippen LogP contribution in [0.15, 0.2) is 18.5 Å². The molecule has 0 bridgehead atoms. The third-order valence-electron chi connectivity index (χ3n) is 3.59. The summed E-state index contributed by atoms with van der Waals surface area (Å²) >= 11 is 0. The Hall–Kier alpha value is -1.88. The average Bonchev–Trinajstić information content (AvgIpc) is 2.53. The molecule has 5 heteroatoms. The first-order valence-corrected chi connectivity index (χ1v) is 7.35. The molecule has 0 saturated heterocycles. The van der Waals surface area contributed by atoms with Crippen molar-refractivity contribution < 1.29 is 9.47 Å². The lowest BCUT2D eigenvalue weighted by molar-refractivity contribution is 0.355. The summed E-state index contributed by atoms with van der Waals surface area (Å²) in [5, 5.41) is 1.04. The molecular formula is C16H23N3O2. The number of nitrogens with two attached hydrogens (primary N) is 1. The zero-order valence-electron chi connectivity index (χ0n) is 12.8. The van der Waals surface area contributed by atoms with E-state index in [9.17, 15) is 0 Å². The van der Waals surface area contributed by atoms with Crippen LogP contribution in [0.4, 0.5) is 0 Å². The maximum atomic E-state index is 5.51. The molecular weight excluding hydrogens is 266 g/mol. The van der Waals surface area contributed by atoms with E-state index in [1.807, 2.05) is 12.1 Å². The minimum atomic E-state index is 0.692. The van der Waals surface area contributed by atoms with E-state index in [2.05, 4.69) is 9.97 Å². The lowest BCUT2D eigenvalue weighted by Gasteiger charge is -2.10. The zero-order chi connectivity index (χ0) is 15.1. The van der Waals surface area contributed by atoms with Gasteiger partial charge in [0, 0.05) is 11.5 Å². The number of unbranched alkanes of at least 4 members (excludes halogenated alkanes) is 3. The van der Waals surface area contributed by atoms with E-state index in [4.69, 9.17) is 15.2 Å². The third-order valence-corrected chi connectivity index (χ3v) is 3.59. The van der Waals surface area contributed by atoms with Gasteiger partial charge in [0.2, 0.25) is 0 Å². The second-order valence-electron chi connectivity index (χ2n) is 5.00. The first-order chi connectivity index (χ1) is 10.3. The summed E-state index contributed by atoms with van der Waals surface area (Å²) < 4.78 is 10.7. The molecule has 2 N–H and O–H groups in total. The Kier molecular flexibility index (Phi) is 5.75. The fourth-order valence-corrected chi connectivity index (χ4v) is 2.43. The number of aromatic nitrogens is 2. The molecule has 0 aliphatic carbocycles. The molecule has 0 radical (unpaired) electrons. The molecule has 1 aromatic carbocycles.